The van der Waals surface area contributed by atoms with Crippen molar-refractivity contribution in [3.8, 4) is 0 Å². The van der Waals surface area contributed by atoms with Crippen LogP contribution in [0.3, 0.4) is 0 Å². The number of nitrogens with zero attached hydrogens (tertiary/aromatic N) is 3. The summed E-state index contributed by atoms with van der Waals surface area (Å²) in [4.78, 5) is 11.7. The van der Waals surface area contributed by atoms with Crippen molar-refractivity contribution in [1.82, 2.24) is 13.9 Å². The van der Waals surface area contributed by atoms with Gasteiger partial charge in [-0.05, 0) is 28.4 Å². The molecule has 124 valence electrons. The maximum atomic E-state index is 11.7. The van der Waals surface area contributed by atoms with Crippen LogP contribution < -0.4 is 11.1 Å². The van der Waals surface area contributed by atoms with Gasteiger partial charge in [0.15, 0.2) is 0 Å². The fraction of sp³-hybridized carbons (Fsp3) is 0.385. The lowest BCUT2D eigenvalue weighted by molar-refractivity contribution is 0.100. The molecule has 0 aliphatic carbocycles. The van der Waals surface area contributed by atoms with Crippen LogP contribution in [0.2, 0.25) is 0 Å². The highest BCUT2D eigenvalue weighted by molar-refractivity contribution is 9.10. The summed E-state index contributed by atoms with van der Waals surface area (Å²) < 4.78 is 27.1. The summed E-state index contributed by atoms with van der Waals surface area (Å²) in [6, 6.07) is 1.73. The van der Waals surface area contributed by atoms with E-state index in [1.54, 1.807) is 10.7 Å². The van der Waals surface area contributed by atoms with E-state index in [0.29, 0.717) is 30.7 Å². The lowest BCUT2D eigenvalue weighted by Gasteiger charge is -2.18. The molecule has 0 spiro atoms. The monoisotopic (exact) mass is 401 g/mol. The van der Waals surface area contributed by atoms with Crippen molar-refractivity contribution in [1.29, 1.82) is 0 Å². The molecule has 3 heterocycles. The highest BCUT2D eigenvalue weighted by Gasteiger charge is 2.29. The molecule has 0 aromatic carbocycles. The number of rotatable bonds is 4. The number of anilines is 1. The molecule has 2 aromatic heterocycles. The van der Waals surface area contributed by atoms with E-state index in [0.717, 1.165) is 4.47 Å². The van der Waals surface area contributed by atoms with Gasteiger partial charge in [-0.25, -0.2) is 17.2 Å². The summed E-state index contributed by atoms with van der Waals surface area (Å²) in [7, 11) is -3.22. The molecule has 8 nitrogen and oxygen atoms in total. The predicted octanol–water partition coefficient (Wildman–Crippen LogP) is 0.642. The van der Waals surface area contributed by atoms with Gasteiger partial charge in [-0.3, -0.25) is 4.79 Å². The fourth-order valence-corrected chi connectivity index (χ4v) is 4.01. The van der Waals surface area contributed by atoms with Crippen LogP contribution in [0.15, 0.2) is 22.9 Å². The molecule has 1 amide bonds. The molecule has 0 bridgehead atoms. The minimum atomic E-state index is -3.22. The van der Waals surface area contributed by atoms with Crippen molar-refractivity contribution in [3.05, 3.63) is 28.5 Å². The molecule has 2 aromatic rings. The van der Waals surface area contributed by atoms with Crippen molar-refractivity contribution in [3.63, 3.8) is 0 Å². The average molecular weight is 402 g/mol. The van der Waals surface area contributed by atoms with E-state index in [-0.39, 0.29) is 11.6 Å². The second-order valence-corrected chi connectivity index (χ2v) is 8.43. The van der Waals surface area contributed by atoms with Crippen molar-refractivity contribution in [2.24, 2.45) is 5.73 Å². The zero-order valence-corrected chi connectivity index (χ0v) is 14.8. The van der Waals surface area contributed by atoms with Gasteiger partial charge in [0.25, 0.3) is 5.91 Å². The highest BCUT2D eigenvalue weighted by atomic mass is 79.9. The number of carbonyl (C=O) groups is 1. The largest absolute Gasteiger partial charge is 0.378 e. The molecule has 0 saturated carbocycles. The molecule has 10 heteroatoms. The molecule has 0 radical (unpaired) electrons. The first-order chi connectivity index (χ1) is 10.8. The van der Waals surface area contributed by atoms with E-state index >= 15 is 0 Å². The minimum absolute atomic E-state index is 0.0947. The third-order valence-electron chi connectivity index (χ3n) is 3.84. The number of aromatic nitrogens is 2. The van der Waals surface area contributed by atoms with E-state index in [1.165, 1.54) is 16.8 Å². The van der Waals surface area contributed by atoms with E-state index in [9.17, 15) is 13.2 Å². The van der Waals surface area contributed by atoms with Gasteiger partial charge in [0.2, 0.25) is 10.0 Å². The second-order valence-electron chi connectivity index (χ2n) is 5.54. The van der Waals surface area contributed by atoms with Gasteiger partial charge in [-0.1, -0.05) is 0 Å². The number of amides is 1. The molecule has 3 rings (SSSR count). The van der Waals surface area contributed by atoms with Crippen LogP contribution in [0.4, 0.5) is 5.69 Å². The quantitative estimate of drug-likeness (QED) is 0.780. The highest BCUT2D eigenvalue weighted by Crippen LogP contribution is 2.27. The number of carbonyl (C=O) groups excluding carboxylic acids is 1. The molecule has 3 N–H and O–H groups in total. The van der Waals surface area contributed by atoms with Crippen molar-refractivity contribution >= 4 is 43.1 Å². The molecule has 1 aliphatic rings. The van der Waals surface area contributed by atoms with Gasteiger partial charge >= 0.3 is 0 Å². The van der Waals surface area contributed by atoms with E-state index in [4.69, 9.17) is 5.73 Å². The van der Waals surface area contributed by atoms with Crippen LogP contribution >= 0.6 is 15.9 Å². The number of nitrogens with two attached hydrogens (primary N) is 1. The molecule has 1 aliphatic heterocycles. The standard InChI is InChI=1S/C13H16BrN5O3S/c1-23(21,22)18-3-2-9(7-18)17-12-10(13(15)20)5-16-19-6-8(14)4-11(12)19/h4-6,9,17H,2-3,7H2,1H3,(H2,15,20)/t9-/m0/s1. The first kappa shape index (κ1) is 16.2. The predicted molar refractivity (Wildman–Crippen MR) is 89.9 cm³/mol. The van der Waals surface area contributed by atoms with Crippen molar-refractivity contribution in [2.45, 2.75) is 12.5 Å². The van der Waals surface area contributed by atoms with Crippen LogP contribution in [0.25, 0.3) is 5.52 Å². The van der Waals surface area contributed by atoms with Crippen LogP contribution in [0.5, 0.6) is 0 Å². The van der Waals surface area contributed by atoms with Gasteiger partial charge in [0.05, 0.1) is 29.2 Å². The van der Waals surface area contributed by atoms with E-state index in [2.05, 4.69) is 26.3 Å². The number of primary amides is 1. The molecular formula is C13H16BrN5O3S. The summed E-state index contributed by atoms with van der Waals surface area (Å²) in [6.07, 6.45) is 5.02. The first-order valence-electron chi connectivity index (χ1n) is 6.94. The van der Waals surface area contributed by atoms with Gasteiger partial charge in [-0.2, -0.15) is 5.10 Å². The molecular weight excluding hydrogens is 386 g/mol. The fourth-order valence-electron chi connectivity index (χ4n) is 2.71. The molecule has 1 saturated heterocycles. The molecule has 0 unspecified atom stereocenters. The summed E-state index contributed by atoms with van der Waals surface area (Å²) in [5.41, 5.74) is 6.98. The number of sulfonamides is 1. The summed E-state index contributed by atoms with van der Waals surface area (Å²) in [5, 5.41) is 7.41. The first-order valence-corrected chi connectivity index (χ1v) is 9.58. The SMILES string of the molecule is CS(=O)(=O)N1CC[C@H](Nc2c(C(N)=O)cnn3cc(Br)cc23)C1. The normalized spacial score (nSPS) is 19.3. The lowest BCUT2D eigenvalue weighted by atomic mass is 10.1. The van der Waals surface area contributed by atoms with Gasteiger partial charge in [-0.15, -0.1) is 0 Å². The Morgan fingerprint density at radius 3 is 2.87 bits per heavy atom. The molecule has 1 fully saturated rings. The Hall–Kier alpha value is -1.65. The van der Waals surface area contributed by atoms with E-state index < -0.39 is 15.9 Å². The Kier molecular flexibility index (Phi) is 4.07. The number of hydrogen-bond donors (Lipinski definition) is 2. The maximum absolute atomic E-state index is 11.7. The number of fused-ring (bicyclic) bond motifs is 1. The van der Waals surface area contributed by atoms with Crippen LogP contribution in [0.1, 0.15) is 16.8 Å². The second kappa shape index (κ2) is 5.77. The van der Waals surface area contributed by atoms with Crippen LogP contribution in [-0.4, -0.2) is 53.6 Å². The summed E-state index contributed by atoms with van der Waals surface area (Å²) in [5.74, 6) is -0.585. The molecule has 1 atom stereocenters. The smallest absolute Gasteiger partial charge is 0.252 e. The Morgan fingerprint density at radius 2 is 2.26 bits per heavy atom. The van der Waals surface area contributed by atoms with Gasteiger partial charge in [0.1, 0.15) is 0 Å². The topological polar surface area (TPSA) is 110 Å². The average Bonchev–Trinajstić information content (AvgIpc) is 3.03. The third kappa shape index (κ3) is 3.19. The van der Waals surface area contributed by atoms with Gasteiger partial charge < -0.3 is 11.1 Å². The molecule has 23 heavy (non-hydrogen) atoms. The third-order valence-corrected chi connectivity index (χ3v) is 5.54. The Bertz CT molecular complexity index is 879. The summed E-state index contributed by atoms with van der Waals surface area (Å²) in [6.45, 7) is 0.807. The van der Waals surface area contributed by atoms with Crippen molar-refractivity contribution < 1.29 is 13.2 Å². The van der Waals surface area contributed by atoms with Crippen LogP contribution in [0, 0.1) is 0 Å². The Labute approximate surface area is 141 Å². The number of hydrogen-bond acceptors (Lipinski definition) is 5. The number of nitrogens with one attached hydrogen (secondary N) is 1. The maximum Gasteiger partial charge on any atom is 0.252 e. The minimum Gasteiger partial charge on any atom is -0.378 e. The van der Waals surface area contributed by atoms with E-state index in [1.807, 2.05) is 6.07 Å². The Balaban J connectivity index is 1.96. The van der Waals surface area contributed by atoms with Gasteiger partial charge in [0, 0.05) is 29.8 Å². The number of halogens is 1. The van der Waals surface area contributed by atoms with Crippen LogP contribution in [-0.2, 0) is 10.0 Å². The lowest BCUT2D eigenvalue weighted by Crippen LogP contribution is -2.31. The zero-order valence-electron chi connectivity index (χ0n) is 12.4. The zero-order chi connectivity index (χ0) is 16.8. The van der Waals surface area contributed by atoms with Crippen molar-refractivity contribution in [2.75, 3.05) is 24.7 Å². The Morgan fingerprint density at radius 1 is 1.52 bits per heavy atom. The summed E-state index contributed by atoms with van der Waals surface area (Å²) >= 11 is 3.38.